The molecule has 5 heteroatoms. The molecule has 0 aliphatic heterocycles. The van der Waals surface area contributed by atoms with Crippen LogP contribution in [0.15, 0.2) is 12.3 Å². The Labute approximate surface area is 114 Å². The summed E-state index contributed by atoms with van der Waals surface area (Å²) in [7, 11) is 0. The number of nitrogens with one attached hydrogen (secondary N) is 1. The Hall–Kier alpha value is -1.65. The Kier molecular flexibility index (Phi) is 5.27. The monoisotopic (exact) mass is 265 g/mol. The molecule has 0 spiro atoms. The zero-order valence-corrected chi connectivity index (χ0v) is 12.3. The van der Waals surface area contributed by atoms with Gasteiger partial charge < -0.3 is 5.32 Å². The highest BCUT2D eigenvalue weighted by Crippen LogP contribution is 2.25. The van der Waals surface area contributed by atoms with Crippen LogP contribution in [-0.4, -0.2) is 16.5 Å². The normalized spacial score (nSPS) is 11.4. The van der Waals surface area contributed by atoms with Crippen LogP contribution in [0.2, 0.25) is 0 Å². The number of nitro groups is 1. The van der Waals surface area contributed by atoms with Crippen molar-refractivity contribution in [1.29, 1.82) is 0 Å². The Morgan fingerprint density at radius 2 is 1.89 bits per heavy atom. The Balaban J connectivity index is 2.85. The lowest BCUT2D eigenvalue weighted by Gasteiger charge is -2.25. The van der Waals surface area contributed by atoms with E-state index in [9.17, 15) is 10.1 Å². The molecule has 0 saturated carbocycles. The number of pyridine rings is 1. The summed E-state index contributed by atoms with van der Waals surface area (Å²) in [6.07, 6.45) is 1.65. The molecule has 1 aromatic heterocycles. The van der Waals surface area contributed by atoms with Gasteiger partial charge in [0.25, 0.3) is 0 Å². The van der Waals surface area contributed by atoms with Gasteiger partial charge in [-0.2, -0.15) is 0 Å². The minimum absolute atomic E-state index is 0.0475. The molecule has 0 aliphatic carbocycles. The molecule has 1 aromatic rings. The van der Waals surface area contributed by atoms with Crippen LogP contribution in [-0.2, 0) is 0 Å². The molecule has 5 nitrogen and oxygen atoms in total. The molecule has 1 rings (SSSR count). The molecule has 0 aliphatic rings. The molecule has 1 heterocycles. The van der Waals surface area contributed by atoms with Gasteiger partial charge >= 0.3 is 5.69 Å². The highest BCUT2D eigenvalue weighted by molar-refractivity contribution is 5.56. The summed E-state index contributed by atoms with van der Waals surface area (Å²) in [4.78, 5) is 14.8. The second kappa shape index (κ2) is 6.50. The van der Waals surface area contributed by atoms with Gasteiger partial charge in [0.2, 0.25) is 5.82 Å². The maximum absolute atomic E-state index is 11.0. The Morgan fingerprint density at radius 1 is 1.32 bits per heavy atom. The van der Waals surface area contributed by atoms with E-state index in [2.05, 4.69) is 38.0 Å². The van der Waals surface area contributed by atoms with Gasteiger partial charge in [-0.15, -0.1) is 0 Å². The summed E-state index contributed by atoms with van der Waals surface area (Å²) in [5.41, 5.74) is 0.841. The number of rotatable bonds is 6. The van der Waals surface area contributed by atoms with Crippen LogP contribution in [0.25, 0.3) is 0 Å². The van der Waals surface area contributed by atoms with Crippen molar-refractivity contribution in [3.8, 4) is 0 Å². The molecule has 0 fully saturated rings. The van der Waals surface area contributed by atoms with E-state index in [1.807, 2.05) is 0 Å². The molecule has 106 valence electrons. The molecule has 0 unspecified atom stereocenters. The minimum atomic E-state index is -0.387. The molecule has 0 aromatic carbocycles. The number of aromatic nitrogens is 1. The molecular formula is C14H23N3O2. The first-order valence-corrected chi connectivity index (χ1v) is 6.67. The molecule has 1 N–H and O–H groups in total. The van der Waals surface area contributed by atoms with E-state index in [0.717, 1.165) is 5.56 Å². The third-order valence-electron chi connectivity index (χ3n) is 3.42. The van der Waals surface area contributed by atoms with E-state index in [0.29, 0.717) is 30.1 Å². The van der Waals surface area contributed by atoms with Gasteiger partial charge in [-0.25, -0.2) is 4.98 Å². The fraction of sp³-hybridized carbons (Fsp3) is 0.643. The lowest BCUT2D eigenvalue weighted by molar-refractivity contribution is -0.384. The van der Waals surface area contributed by atoms with Gasteiger partial charge in [0.05, 0.1) is 4.92 Å². The van der Waals surface area contributed by atoms with Gasteiger partial charge in [-0.3, -0.25) is 10.1 Å². The summed E-state index contributed by atoms with van der Waals surface area (Å²) in [6, 6.07) is 1.55. The lowest BCUT2D eigenvalue weighted by atomic mass is 9.85. The smallest absolute Gasteiger partial charge is 0.311 e. The molecule has 0 radical (unpaired) electrons. The molecule has 0 amide bonds. The molecule has 0 bridgehead atoms. The summed E-state index contributed by atoms with van der Waals surface area (Å²) in [5.74, 6) is 1.87. The topological polar surface area (TPSA) is 68.1 Å². The lowest BCUT2D eigenvalue weighted by Crippen LogP contribution is -2.25. The average molecular weight is 265 g/mol. The van der Waals surface area contributed by atoms with Crippen molar-refractivity contribution in [2.24, 2.45) is 17.8 Å². The number of nitrogens with zero attached hydrogens (tertiary/aromatic N) is 2. The predicted octanol–water partition coefficient (Wildman–Crippen LogP) is 3.64. The zero-order chi connectivity index (χ0) is 14.6. The quantitative estimate of drug-likeness (QED) is 0.630. The highest BCUT2D eigenvalue weighted by Gasteiger charge is 2.20. The van der Waals surface area contributed by atoms with Crippen LogP contribution in [0.3, 0.4) is 0 Å². The van der Waals surface area contributed by atoms with Gasteiger partial charge in [0.15, 0.2) is 0 Å². The summed E-state index contributed by atoms with van der Waals surface area (Å²) < 4.78 is 0. The number of hydrogen-bond donors (Lipinski definition) is 1. The standard InChI is InChI=1S/C14H23N3O2/c1-9(2)12(10(3)4)8-16-14-13(17(18)19)6-11(5)7-15-14/h6-7,9-10,12H,8H2,1-5H3,(H,15,16). The van der Waals surface area contributed by atoms with Crippen molar-refractivity contribution < 1.29 is 4.92 Å². The van der Waals surface area contributed by atoms with Crippen molar-refractivity contribution in [3.63, 3.8) is 0 Å². The molecule has 19 heavy (non-hydrogen) atoms. The van der Waals surface area contributed by atoms with Crippen molar-refractivity contribution in [3.05, 3.63) is 27.9 Å². The van der Waals surface area contributed by atoms with Crippen LogP contribution in [0.4, 0.5) is 11.5 Å². The molecule has 0 saturated heterocycles. The van der Waals surface area contributed by atoms with Crippen molar-refractivity contribution >= 4 is 11.5 Å². The zero-order valence-electron chi connectivity index (χ0n) is 12.3. The fourth-order valence-electron chi connectivity index (χ4n) is 2.28. The van der Waals surface area contributed by atoms with Crippen LogP contribution in [0.1, 0.15) is 33.3 Å². The Morgan fingerprint density at radius 3 is 2.37 bits per heavy atom. The van der Waals surface area contributed by atoms with E-state index in [-0.39, 0.29) is 10.6 Å². The van der Waals surface area contributed by atoms with Crippen LogP contribution < -0.4 is 5.32 Å². The highest BCUT2D eigenvalue weighted by atomic mass is 16.6. The fourth-order valence-corrected chi connectivity index (χ4v) is 2.28. The first-order valence-electron chi connectivity index (χ1n) is 6.67. The summed E-state index contributed by atoms with van der Waals surface area (Å²) >= 11 is 0. The van der Waals surface area contributed by atoms with E-state index < -0.39 is 0 Å². The van der Waals surface area contributed by atoms with Crippen LogP contribution >= 0.6 is 0 Å². The van der Waals surface area contributed by atoms with Gasteiger partial charge in [0.1, 0.15) is 0 Å². The minimum Gasteiger partial charge on any atom is -0.364 e. The second-order valence-corrected chi connectivity index (χ2v) is 5.67. The second-order valence-electron chi connectivity index (χ2n) is 5.67. The maximum atomic E-state index is 11.0. The number of anilines is 1. The van der Waals surface area contributed by atoms with E-state index in [1.54, 1.807) is 19.2 Å². The molecule has 0 atom stereocenters. The first kappa shape index (κ1) is 15.4. The van der Waals surface area contributed by atoms with E-state index in [4.69, 9.17) is 0 Å². The summed E-state index contributed by atoms with van der Waals surface area (Å²) in [5, 5.41) is 14.1. The van der Waals surface area contributed by atoms with Gasteiger partial charge in [-0.1, -0.05) is 27.7 Å². The van der Waals surface area contributed by atoms with Gasteiger partial charge in [0, 0.05) is 18.8 Å². The Bertz CT molecular complexity index is 436. The number of hydrogen-bond acceptors (Lipinski definition) is 4. The number of aryl methyl sites for hydroxylation is 1. The third kappa shape index (κ3) is 4.19. The SMILES string of the molecule is Cc1cnc(NCC(C(C)C)C(C)C)c([N+](=O)[O-])c1. The van der Waals surface area contributed by atoms with E-state index in [1.165, 1.54) is 0 Å². The largest absolute Gasteiger partial charge is 0.364 e. The van der Waals surface area contributed by atoms with Crippen molar-refractivity contribution in [1.82, 2.24) is 4.98 Å². The van der Waals surface area contributed by atoms with Crippen LogP contribution in [0, 0.1) is 34.8 Å². The average Bonchev–Trinajstić information content (AvgIpc) is 2.29. The third-order valence-corrected chi connectivity index (χ3v) is 3.42. The first-order chi connectivity index (χ1) is 8.82. The van der Waals surface area contributed by atoms with Crippen molar-refractivity contribution in [2.45, 2.75) is 34.6 Å². The van der Waals surface area contributed by atoms with Crippen LogP contribution in [0.5, 0.6) is 0 Å². The van der Waals surface area contributed by atoms with Gasteiger partial charge in [-0.05, 0) is 30.2 Å². The summed E-state index contributed by atoms with van der Waals surface area (Å²) in [6.45, 7) is 11.2. The predicted molar refractivity (Wildman–Crippen MR) is 77.3 cm³/mol. The maximum Gasteiger partial charge on any atom is 0.311 e. The van der Waals surface area contributed by atoms with E-state index >= 15 is 0 Å². The molecular weight excluding hydrogens is 242 g/mol. The van der Waals surface area contributed by atoms with Crippen molar-refractivity contribution in [2.75, 3.05) is 11.9 Å².